The summed E-state index contributed by atoms with van der Waals surface area (Å²) in [4.78, 5) is 6.26. The van der Waals surface area contributed by atoms with Crippen LogP contribution < -0.4 is 5.32 Å². The van der Waals surface area contributed by atoms with Crippen molar-refractivity contribution in [1.82, 2.24) is 19.7 Å². The van der Waals surface area contributed by atoms with Gasteiger partial charge in [0.15, 0.2) is 0 Å². The van der Waals surface area contributed by atoms with Crippen molar-refractivity contribution >= 4 is 11.5 Å². The van der Waals surface area contributed by atoms with Crippen LogP contribution in [0.25, 0.3) is 0 Å². The van der Waals surface area contributed by atoms with Crippen LogP contribution in [0.1, 0.15) is 5.69 Å². The van der Waals surface area contributed by atoms with E-state index < -0.39 is 0 Å². The van der Waals surface area contributed by atoms with Crippen LogP contribution in [0.15, 0.2) is 30.6 Å². The van der Waals surface area contributed by atoms with Gasteiger partial charge in [0.1, 0.15) is 17.6 Å². The van der Waals surface area contributed by atoms with Gasteiger partial charge >= 0.3 is 0 Å². The van der Waals surface area contributed by atoms with E-state index in [0.29, 0.717) is 11.5 Å². The van der Waals surface area contributed by atoms with Gasteiger partial charge in [-0.1, -0.05) is 6.07 Å². The van der Waals surface area contributed by atoms with E-state index in [1.54, 1.807) is 18.3 Å². The van der Waals surface area contributed by atoms with Crippen molar-refractivity contribution in [1.29, 1.82) is 5.26 Å². The topological polar surface area (TPSA) is 69.8 Å². The molecule has 0 aliphatic carbocycles. The van der Waals surface area contributed by atoms with Crippen LogP contribution >= 0.6 is 0 Å². The van der Waals surface area contributed by atoms with E-state index in [1.807, 2.05) is 37.1 Å². The van der Waals surface area contributed by atoms with Gasteiger partial charge in [-0.25, -0.2) is 4.98 Å². The molecule has 2 aromatic heterocycles. The van der Waals surface area contributed by atoms with Crippen molar-refractivity contribution in [3.05, 3.63) is 36.3 Å². The Morgan fingerprint density at radius 2 is 2.26 bits per heavy atom. The molecule has 19 heavy (non-hydrogen) atoms. The van der Waals surface area contributed by atoms with Gasteiger partial charge in [0.05, 0.1) is 18.4 Å². The molecule has 0 fully saturated rings. The molecular weight excluding hydrogens is 240 g/mol. The zero-order valence-electron chi connectivity index (χ0n) is 11.0. The molecule has 6 nitrogen and oxygen atoms in total. The molecule has 98 valence electrons. The van der Waals surface area contributed by atoms with Gasteiger partial charge in [0.25, 0.3) is 0 Å². The highest BCUT2D eigenvalue weighted by atomic mass is 15.3. The van der Waals surface area contributed by atoms with Crippen molar-refractivity contribution in [2.45, 2.75) is 6.54 Å². The molecule has 2 heterocycles. The molecule has 0 spiro atoms. The SMILES string of the molecule is CN(C)CCn1cc(Nc2cccc(C#N)n2)cn1. The number of hydrogen-bond donors (Lipinski definition) is 1. The second-order valence-corrected chi connectivity index (χ2v) is 4.44. The highest BCUT2D eigenvalue weighted by Gasteiger charge is 2.01. The number of nitrogens with zero attached hydrogens (tertiary/aromatic N) is 5. The third-order valence-corrected chi connectivity index (χ3v) is 2.55. The maximum atomic E-state index is 8.79. The molecule has 6 heteroatoms. The first kappa shape index (κ1) is 13.1. The molecule has 1 N–H and O–H groups in total. The van der Waals surface area contributed by atoms with E-state index in [2.05, 4.69) is 20.3 Å². The zero-order chi connectivity index (χ0) is 13.7. The number of rotatable bonds is 5. The fourth-order valence-corrected chi connectivity index (χ4v) is 1.57. The molecule has 0 radical (unpaired) electrons. The van der Waals surface area contributed by atoms with Crippen molar-refractivity contribution in [3.63, 3.8) is 0 Å². The number of hydrogen-bond acceptors (Lipinski definition) is 5. The lowest BCUT2D eigenvalue weighted by Gasteiger charge is -2.08. The number of nitrogens with one attached hydrogen (secondary N) is 1. The molecule has 0 saturated heterocycles. The lowest BCUT2D eigenvalue weighted by atomic mass is 10.3. The van der Waals surface area contributed by atoms with Gasteiger partial charge in [-0.15, -0.1) is 0 Å². The van der Waals surface area contributed by atoms with Crippen molar-refractivity contribution < 1.29 is 0 Å². The molecule has 0 aliphatic heterocycles. The van der Waals surface area contributed by atoms with E-state index in [-0.39, 0.29) is 0 Å². The van der Waals surface area contributed by atoms with Crippen LogP contribution in [-0.2, 0) is 6.54 Å². The maximum absolute atomic E-state index is 8.79. The first-order valence-electron chi connectivity index (χ1n) is 5.99. The fraction of sp³-hybridized carbons (Fsp3) is 0.308. The predicted octanol–water partition coefficient (Wildman–Crippen LogP) is 1.45. The van der Waals surface area contributed by atoms with E-state index >= 15 is 0 Å². The summed E-state index contributed by atoms with van der Waals surface area (Å²) in [6.45, 7) is 1.77. The van der Waals surface area contributed by atoms with Gasteiger partial charge in [0.2, 0.25) is 0 Å². The minimum atomic E-state index is 0.394. The van der Waals surface area contributed by atoms with Crippen LogP contribution in [0.5, 0.6) is 0 Å². The summed E-state index contributed by atoms with van der Waals surface area (Å²) < 4.78 is 1.87. The fourth-order valence-electron chi connectivity index (χ4n) is 1.57. The lowest BCUT2D eigenvalue weighted by molar-refractivity contribution is 0.373. The van der Waals surface area contributed by atoms with E-state index in [1.165, 1.54) is 0 Å². The highest BCUT2D eigenvalue weighted by molar-refractivity contribution is 5.54. The summed E-state index contributed by atoms with van der Waals surface area (Å²) in [7, 11) is 4.06. The van der Waals surface area contributed by atoms with Crippen LogP contribution in [-0.4, -0.2) is 40.3 Å². The Morgan fingerprint density at radius 3 is 3.00 bits per heavy atom. The molecular formula is C13H16N6. The molecule has 0 aromatic carbocycles. The molecule has 0 saturated carbocycles. The summed E-state index contributed by atoms with van der Waals surface area (Å²) in [5, 5.41) is 16.2. The summed E-state index contributed by atoms with van der Waals surface area (Å²) in [5.74, 6) is 0.645. The molecule has 2 aromatic rings. The van der Waals surface area contributed by atoms with Crippen molar-refractivity contribution in [2.24, 2.45) is 0 Å². The molecule has 0 aliphatic rings. The number of aromatic nitrogens is 3. The Balaban J connectivity index is 2.01. The Kier molecular flexibility index (Phi) is 4.11. The standard InChI is InChI=1S/C13H16N6/c1-18(2)6-7-19-10-12(9-15-19)17-13-5-3-4-11(8-14)16-13/h3-5,9-10H,6-7H2,1-2H3,(H,16,17). The monoisotopic (exact) mass is 256 g/mol. The summed E-state index contributed by atoms with van der Waals surface area (Å²) in [5.41, 5.74) is 1.26. The second-order valence-electron chi connectivity index (χ2n) is 4.44. The van der Waals surface area contributed by atoms with E-state index in [4.69, 9.17) is 5.26 Å². The highest BCUT2D eigenvalue weighted by Crippen LogP contribution is 2.13. The minimum Gasteiger partial charge on any atom is -0.338 e. The normalized spacial score (nSPS) is 10.4. The van der Waals surface area contributed by atoms with Crippen LogP contribution in [0, 0.1) is 11.3 Å². The molecule has 0 unspecified atom stereocenters. The summed E-state index contributed by atoms with van der Waals surface area (Å²) >= 11 is 0. The van der Waals surface area contributed by atoms with Crippen molar-refractivity contribution in [3.8, 4) is 6.07 Å². The van der Waals surface area contributed by atoms with Gasteiger partial charge < -0.3 is 10.2 Å². The second kappa shape index (κ2) is 5.98. The Bertz CT molecular complexity index is 581. The number of pyridine rings is 1. The number of anilines is 2. The van der Waals surface area contributed by atoms with Gasteiger partial charge in [0, 0.05) is 12.7 Å². The number of nitriles is 1. The summed E-state index contributed by atoms with van der Waals surface area (Å²) in [6.07, 6.45) is 3.67. The third-order valence-electron chi connectivity index (χ3n) is 2.55. The zero-order valence-corrected chi connectivity index (χ0v) is 11.0. The molecule has 2 rings (SSSR count). The maximum Gasteiger partial charge on any atom is 0.142 e. The number of likely N-dealkylation sites (N-methyl/N-ethyl adjacent to an activating group) is 1. The lowest BCUT2D eigenvalue weighted by Crippen LogP contribution is -2.18. The molecule has 0 atom stereocenters. The third kappa shape index (κ3) is 3.79. The Hall–Kier alpha value is -2.39. The van der Waals surface area contributed by atoms with E-state index in [0.717, 1.165) is 18.8 Å². The van der Waals surface area contributed by atoms with Gasteiger partial charge in [-0.2, -0.15) is 10.4 Å². The van der Waals surface area contributed by atoms with Crippen LogP contribution in [0.4, 0.5) is 11.5 Å². The Morgan fingerprint density at radius 1 is 1.42 bits per heavy atom. The van der Waals surface area contributed by atoms with Gasteiger partial charge in [-0.05, 0) is 26.2 Å². The minimum absolute atomic E-state index is 0.394. The van der Waals surface area contributed by atoms with Crippen LogP contribution in [0.3, 0.4) is 0 Å². The first-order chi connectivity index (χ1) is 9.17. The molecule has 0 bridgehead atoms. The average Bonchev–Trinajstić information content (AvgIpc) is 2.84. The largest absolute Gasteiger partial charge is 0.338 e. The smallest absolute Gasteiger partial charge is 0.142 e. The van der Waals surface area contributed by atoms with Crippen LogP contribution in [0.2, 0.25) is 0 Å². The predicted molar refractivity (Wildman–Crippen MR) is 73.0 cm³/mol. The van der Waals surface area contributed by atoms with E-state index in [9.17, 15) is 0 Å². The summed E-state index contributed by atoms with van der Waals surface area (Å²) in [6, 6.07) is 7.30. The average molecular weight is 256 g/mol. The Labute approximate surface area is 112 Å². The molecule has 0 amide bonds. The quantitative estimate of drug-likeness (QED) is 0.877. The van der Waals surface area contributed by atoms with Gasteiger partial charge in [-0.3, -0.25) is 4.68 Å². The van der Waals surface area contributed by atoms with Crippen molar-refractivity contribution in [2.75, 3.05) is 26.0 Å². The first-order valence-corrected chi connectivity index (χ1v) is 5.99.